The molecule has 20 heavy (non-hydrogen) atoms. The van der Waals surface area contributed by atoms with Gasteiger partial charge in [-0.2, -0.15) is 16.9 Å². The van der Waals surface area contributed by atoms with Gasteiger partial charge >= 0.3 is 0 Å². The monoisotopic (exact) mass is 292 g/mol. The number of nitrogens with zero attached hydrogens (tertiary/aromatic N) is 1. The average molecular weight is 292 g/mol. The number of thioether (sulfide) groups is 1. The number of nitrogens with one attached hydrogen (secondary N) is 1. The van der Waals surface area contributed by atoms with Crippen LogP contribution in [0.25, 0.3) is 0 Å². The SMILES string of the molecule is CC(C)CC(=O)N/N=C/c1ccc(OC2CSC2)cc1. The molecule has 0 unspecified atom stereocenters. The smallest absolute Gasteiger partial charge is 0.240 e. The summed E-state index contributed by atoms with van der Waals surface area (Å²) in [6, 6.07) is 7.72. The Balaban J connectivity index is 1.79. The molecule has 0 radical (unpaired) electrons. The van der Waals surface area contributed by atoms with Gasteiger partial charge < -0.3 is 4.74 Å². The van der Waals surface area contributed by atoms with Gasteiger partial charge in [0, 0.05) is 17.9 Å². The van der Waals surface area contributed by atoms with E-state index >= 15 is 0 Å². The van der Waals surface area contributed by atoms with Crippen LogP contribution in [-0.2, 0) is 4.79 Å². The molecule has 0 aliphatic carbocycles. The predicted molar refractivity (Wildman–Crippen MR) is 83.4 cm³/mol. The fourth-order valence-electron chi connectivity index (χ4n) is 1.70. The summed E-state index contributed by atoms with van der Waals surface area (Å²) in [5, 5.41) is 3.94. The van der Waals surface area contributed by atoms with Crippen molar-refractivity contribution in [2.24, 2.45) is 11.0 Å². The lowest BCUT2D eigenvalue weighted by Crippen LogP contribution is -2.30. The second-order valence-electron chi connectivity index (χ2n) is 5.24. The Morgan fingerprint density at radius 2 is 2.15 bits per heavy atom. The van der Waals surface area contributed by atoms with E-state index in [4.69, 9.17) is 4.74 Å². The summed E-state index contributed by atoms with van der Waals surface area (Å²) in [5.41, 5.74) is 3.46. The highest BCUT2D eigenvalue weighted by Gasteiger charge is 2.19. The van der Waals surface area contributed by atoms with Crippen LogP contribution in [0.1, 0.15) is 25.8 Å². The Morgan fingerprint density at radius 3 is 2.70 bits per heavy atom. The van der Waals surface area contributed by atoms with E-state index in [1.54, 1.807) is 6.21 Å². The molecular weight excluding hydrogens is 272 g/mol. The molecule has 0 bridgehead atoms. The van der Waals surface area contributed by atoms with Crippen LogP contribution >= 0.6 is 11.8 Å². The van der Waals surface area contributed by atoms with Gasteiger partial charge in [0.15, 0.2) is 0 Å². The highest BCUT2D eigenvalue weighted by molar-refractivity contribution is 8.00. The molecule has 0 atom stereocenters. The number of ether oxygens (including phenoxy) is 1. The van der Waals surface area contributed by atoms with Gasteiger partial charge in [-0.3, -0.25) is 4.79 Å². The van der Waals surface area contributed by atoms with Crippen molar-refractivity contribution in [1.29, 1.82) is 0 Å². The van der Waals surface area contributed by atoms with Crippen LogP contribution in [0.2, 0.25) is 0 Å². The zero-order valence-corrected chi connectivity index (χ0v) is 12.7. The predicted octanol–water partition coefficient (Wildman–Crippen LogP) is 2.68. The zero-order chi connectivity index (χ0) is 14.4. The minimum Gasteiger partial charge on any atom is -0.489 e. The molecule has 0 spiro atoms. The van der Waals surface area contributed by atoms with E-state index in [0.717, 1.165) is 22.8 Å². The van der Waals surface area contributed by atoms with E-state index in [2.05, 4.69) is 10.5 Å². The lowest BCUT2D eigenvalue weighted by Gasteiger charge is -2.25. The largest absolute Gasteiger partial charge is 0.489 e. The van der Waals surface area contributed by atoms with Crippen LogP contribution < -0.4 is 10.2 Å². The third kappa shape index (κ3) is 4.89. The molecule has 1 aromatic carbocycles. The molecule has 108 valence electrons. The van der Waals surface area contributed by atoms with E-state index in [1.165, 1.54) is 0 Å². The van der Waals surface area contributed by atoms with Crippen LogP contribution in [0.4, 0.5) is 0 Å². The van der Waals surface area contributed by atoms with E-state index in [-0.39, 0.29) is 5.91 Å². The first kappa shape index (κ1) is 14.9. The molecule has 5 heteroatoms. The minimum absolute atomic E-state index is 0.0568. The molecule has 1 aliphatic heterocycles. The summed E-state index contributed by atoms with van der Waals surface area (Å²) in [6.45, 7) is 4.01. The van der Waals surface area contributed by atoms with E-state index < -0.39 is 0 Å². The molecule has 1 amide bonds. The topological polar surface area (TPSA) is 50.7 Å². The lowest BCUT2D eigenvalue weighted by atomic mass is 10.1. The Labute approximate surface area is 124 Å². The molecule has 1 aliphatic rings. The maximum Gasteiger partial charge on any atom is 0.240 e. The number of hydrogen-bond donors (Lipinski definition) is 1. The molecular formula is C15H20N2O2S. The maximum absolute atomic E-state index is 11.4. The Morgan fingerprint density at radius 1 is 1.45 bits per heavy atom. The van der Waals surface area contributed by atoms with E-state index in [1.807, 2.05) is 49.9 Å². The van der Waals surface area contributed by atoms with Gasteiger partial charge in [0.1, 0.15) is 11.9 Å². The Bertz CT molecular complexity index is 467. The van der Waals surface area contributed by atoms with Crippen LogP contribution in [-0.4, -0.2) is 29.7 Å². The van der Waals surface area contributed by atoms with Gasteiger partial charge in [0.25, 0.3) is 0 Å². The quantitative estimate of drug-likeness (QED) is 0.648. The number of amides is 1. The zero-order valence-electron chi connectivity index (χ0n) is 11.8. The van der Waals surface area contributed by atoms with Crippen molar-refractivity contribution in [2.45, 2.75) is 26.4 Å². The minimum atomic E-state index is -0.0568. The maximum atomic E-state index is 11.4. The van der Waals surface area contributed by atoms with Crippen molar-refractivity contribution in [3.8, 4) is 5.75 Å². The number of benzene rings is 1. The van der Waals surface area contributed by atoms with Crippen molar-refractivity contribution in [3.63, 3.8) is 0 Å². The van der Waals surface area contributed by atoms with Crippen molar-refractivity contribution in [3.05, 3.63) is 29.8 Å². The molecule has 1 aromatic rings. The summed E-state index contributed by atoms with van der Waals surface area (Å²) < 4.78 is 5.76. The number of carbonyl (C=O) groups excluding carboxylic acids is 1. The molecule has 1 heterocycles. The van der Waals surface area contributed by atoms with E-state index in [0.29, 0.717) is 18.4 Å². The number of rotatable bonds is 6. The second-order valence-corrected chi connectivity index (χ2v) is 6.31. The molecule has 0 saturated carbocycles. The van der Waals surface area contributed by atoms with Gasteiger partial charge in [-0.1, -0.05) is 13.8 Å². The standard InChI is InChI=1S/C15H20N2O2S/c1-11(2)7-15(18)17-16-8-12-3-5-13(6-4-12)19-14-9-20-10-14/h3-6,8,11,14H,7,9-10H2,1-2H3,(H,17,18)/b16-8+. The number of hydrogen-bond acceptors (Lipinski definition) is 4. The van der Waals surface area contributed by atoms with Crippen molar-refractivity contribution < 1.29 is 9.53 Å². The summed E-state index contributed by atoms with van der Waals surface area (Å²) in [4.78, 5) is 11.4. The number of hydrazone groups is 1. The van der Waals surface area contributed by atoms with Crippen LogP contribution in [0.3, 0.4) is 0 Å². The number of carbonyl (C=O) groups is 1. The molecule has 4 nitrogen and oxygen atoms in total. The summed E-state index contributed by atoms with van der Waals surface area (Å²) >= 11 is 1.90. The second kappa shape index (κ2) is 7.33. The summed E-state index contributed by atoms with van der Waals surface area (Å²) in [7, 11) is 0. The van der Waals surface area contributed by atoms with Gasteiger partial charge in [-0.15, -0.1) is 0 Å². The third-order valence-corrected chi connectivity index (χ3v) is 4.00. The highest BCUT2D eigenvalue weighted by Crippen LogP contribution is 2.23. The highest BCUT2D eigenvalue weighted by atomic mass is 32.2. The third-order valence-electron chi connectivity index (χ3n) is 2.79. The molecule has 0 aromatic heterocycles. The normalized spacial score (nSPS) is 15.3. The van der Waals surface area contributed by atoms with Crippen LogP contribution in [0.5, 0.6) is 5.75 Å². The van der Waals surface area contributed by atoms with Gasteiger partial charge in [0.2, 0.25) is 5.91 Å². The van der Waals surface area contributed by atoms with Crippen molar-refractivity contribution in [1.82, 2.24) is 5.43 Å². The van der Waals surface area contributed by atoms with Crippen LogP contribution in [0.15, 0.2) is 29.4 Å². The first-order valence-electron chi connectivity index (χ1n) is 6.80. The summed E-state index contributed by atoms with van der Waals surface area (Å²) in [6.07, 6.45) is 2.49. The molecule has 1 fully saturated rings. The van der Waals surface area contributed by atoms with Gasteiger partial charge in [-0.05, 0) is 35.7 Å². The van der Waals surface area contributed by atoms with Gasteiger partial charge in [0.05, 0.1) is 6.21 Å². The van der Waals surface area contributed by atoms with Crippen LogP contribution in [0, 0.1) is 5.92 Å². The fourth-order valence-corrected chi connectivity index (χ4v) is 2.27. The molecule has 1 saturated heterocycles. The lowest BCUT2D eigenvalue weighted by molar-refractivity contribution is -0.121. The average Bonchev–Trinajstić information content (AvgIpc) is 2.34. The first-order chi connectivity index (χ1) is 9.63. The van der Waals surface area contributed by atoms with E-state index in [9.17, 15) is 4.79 Å². The van der Waals surface area contributed by atoms with Gasteiger partial charge in [-0.25, -0.2) is 5.43 Å². The van der Waals surface area contributed by atoms with Crippen molar-refractivity contribution in [2.75, 3.05) is 11.5 Å². The summed E-state index contributed by atoms with van der Waals surface area (Å²) in [5.74, 6) is 3.32. The Kier molecular flexibility index (Phi) is 5.47. The fraction of sp³-hybridized carbons (Fsp3) is 0.467. The van der Waals surface area contributed by atoms with Crippen molar-refractivity contribution >= 4 is 23.9 Å². The Hall–Kier alpha value is -1.49. The first-order valence-corrected chi connectivity index (χ1v) is 7.95. The molecule has 2 rings (SSSR count). The molecule has 1 N–H and O–H groups in total.